The smallest absolute Gasteiger partial charge is 0.191 e. The zero-order chi connectivity index (χ0) is 14.6. The van der Waals surface area contributed by atoms with Gasteiger partial charge in [0.2, 0.25) is 0 Å². The SMILES string of the molecule is CN=C(NCC1(c2ccccc2)CC1)NC(C)C(C)C. The average Bonchev–Trinajstić information content (AvgIpc) is 3.25. The van der Waals surface area contributed by atoms with Gasteiger partial charge in [-0.25, -0.2) is 0 Å². The molecule has 1 fully saturated rings. The van der Waals surface area contributed by atoms with Crippen LogP contribution in [0.5, 0.6) is 0 Å². The maximum atomic E-state index is 4.33. The number of nitrogens with one attached hydrogen (secondary N) is 2. The van der Waals surface area contributed by atoms with Gasteiger partial charge in [0.05, 0.1) is 0 Å². The minimum absolute atomic E-state index is 0.319. The van der Waals surface area contributed by atoms with E-state index >= 15 is 0 Å². The molecule has 1 aromatic carbocycles. The Kier molecular flexibility index (Phi) is 4.69. The van der Waals surface area contributed by atoms with Crippen molar-refractivity contribution in [1.82, 2.24) is 10.6 Å². The molecule has 1 aliphatic rings. The summed E-state index contributed by atoms with van der Waals surface area (Å²) in [6.07, 6.45) is 2.53. The van der Waals surface area contributed by atoms with Crippen LogP contribution >= 0.6 is 0 Å². The van der Waals surface area contributed by atoms with Gasteiger partial charge in [0.1, 0.15) is 0 Å². The number of nitrogens with zero attached hydrogens (tertiary/aromatic N) is 1. The van der Waals surface area contributed by atoms with E-state index in [1.165, 1.54) is 18.4 Å². The normalized spacial score (nSPS) is 18.8. The van der Waals surface area contributed by atoms with Crippen molar-refractivity contribution in [1.29, 1.82) is 0 Å². The molecule has 1 atom stereocenters. The molecule has 0 spiro atoms. The molecule has 0 aliphatic heterocycles. The van der Waals surface area contributed by atoms with E-state index in [9.17, 15) is 0 Å². The van der Waals surface area contributed by atoms with Crippen molar-refractivity contribution in [3.63, 3.8) is 0 Å². The highest BCUT2D eigenvalue weighted by Crippen LogP contribution is 2.47. The quantitative estimate of drug-likeness (QED) is 0.639. The van der Waals surface area contributed by atoms with Crippen molar-refractivity contribution >= 4 is 5.96 Å². The van der Waals surface area contributed by atoms with Crippen LogP contribution in [0.3, 0.4) is 0 Å². The molecule has 0 amide bonds. The number of hydrogen-bond acceptors (Lipinski definition) is 1. The Balaban J connectivity index is 1.91. The van der Waals surface area contributed by atoms with E-state index in [0.717, 1.165) is 12.5 Å². The first kappa shape index (κ1) is 14.9. The molecule has 1 aliphatic carbocycles. The molecule has 2 rings (SSSR count). The highest BCUT2D eigenvalue weighted by atomic mass is 15.2. The van der Waals surface area contributed by atoms with Crippen LogP contribution in [-0.2, 0) is 5.41 Å². The van der Waals surface area contributed by atoms with Gasteiger partial charge < -0.3 is 10.6 Å². The predicted octanol–water partition coefficient (Wildman–Crippen LogP) is 2.93. The van der Waals surface area contributed by atoms with Crippen LogP contribution in [-0.4, -0.2) is 25.6 Å². The minimum atomic E-state index is 0.319. The van der Waals surface area contributed by atoms with Gasteiger partial charge in [-0.3, -0.25) is 4.99 Å². The predicted molar refractivity (Wildman–Crippen MR) is 86.2 cm³/mol. The van der Waals surface area contributed by atoms with Gasteiger partial charge in [-0.1, -0.05) is 44.2 Å². The topological polar surface area (TPSA) is 36.4 Å². The standard InChI is InChI=1S/C17H27N3/c1-13(2)14(3)20-16(18-4)19-12-17(10-11-17)15-8-6-5-7-9-15/h5-9,13-14H,10-12H2,1-4H3,(H2,18,19,20). The van der Waals surface area contributed by atoms with Crippen LogP contribution in [0.4, 0.5) is 0 Å². The lowest BCUT2D eigenvalue weighted by Crippen LogP contribution is -2.46. The summed E-state index contributed by atoms with van der Waals surface area (Å²) in [6.45, 7) is 7.59. The summed E-state index contributed by atoms with van der Waals surface area (Å²) in [4.78, 5) is 4.33. The van der Waals surface area contributed by atoms with Crippen LogP contribution in [0.1, 0.15) is 39.2 Å². The van der Waals surface area contributed by atoms with Gasteiger partial charge in [-0.05, 0) is 31.2 Å². The van der Waals surface area contributed by atoms with Crippen LogP contribution in [0.25, 0.3) is 0 Å². The molecule has 3 nitrogen and oxygen atoms in total. The summed E-state index contributed by atoms with van der Waals surface area (Å²) in [6, 6.07) is 11.2. The second-order valence-corrected chi connectivity index (χ2v) is 6.25. The molecule has 0 radical (unpaired) electrons. The first-order valence-electron chi connectivity index (χ1n) is 7.60. The van der Waals surface area contributed by atoms with E-state index in [1.807, 2.05) is 7.05 Å². The summed E-state index contributed by atoms with van der Waals surface area (Å²) >= 11 is 0. The maximum absolute atomic E-state index is 4.33. The molecule has 0 heterocycles. The first-order chi connectivity index (χ1) is 9.57. The highest BCUT2D eigenvalue weighted by Gasteiger charge is 2.44. The van der Waals surface area contributed by atoms with Gasteiger partial charge in [0.25, 0.3) is 0 Å². The average molecular weight is 273 g/mol. The molecule has 0 aromatic heterocycles. The van der Waals surface area contributed by atoms with Crippen LogP contribution in [0, 0.1) is 5.92 Å². The Labute approximate surface area is 122 Å². The number of benzene rings is 1. The van der Waals surface area contributed by atoms with Crippen LogP contribution < -0.4 is 10.6 Å². The maximum Gasteiger partial charge on any atom is 0.191 e. The summed E-state index contributed by atoms with van der Waals surface area (Å²) in [7, 11) is 1.84. The third kappa shape index (κ3) is 3.53. The number of rotatable bonds is 5. The van der Waals surface area contributed by atoms with E-state index in [1.54, 1.807) is 0 Å². The van der Waals surface area contributed by atoms with Crippen LogP contribution in [0.2, 0.25) is 0 Å². The van der Waals surface area contributed by atoms with Crippen molar-refractivity contribution in [2.75, 3.05) is 13.6 Å². The van der Waals surface area contributed by atoms with E-state index in [-0.39, 0.29) is 0 Å². The largest absolute Gasteiger partial charge is 0.356 e. The van der Waals surface area contributed by atoms with Crippen molar-refractivity contribution < 1.29 is 0 Å². The highest BCUT2D eigenvalue weighted by molar-refractivity contribution is 5.80. The molecular weight excluding hydrogens is 246 g/mol. The fraction of sp³-hybridized carbons (Fsp3) is 0.588. The second-order valence-electron chi connectivity index (χ2n) is 6.25. The molecule has 1 saturated carbocycles. The van der Waals surface area contributed by atoms with Gasteiger partial charge in [0.15, 0.2) is 5.96 Å². The summed E-state index contributed by atoms with van der Waals surface area (Å²) in [5, 5.41) is 6.95. The summed E-state index contributed by atoms with van der Waals surface area (Å²) in [5.74, 6) is 1.51. The lowest BCUT2D eigenvalue weighted by Gasteiger charge is -2.23. The van der Waals surface area contributed by atoms with Gasteiger partial charge in [-0.2, -0.15) is 0 Å². The Morgan fingerprint density at radius 1 is 1.20 bits per heavy atom. The molecule has 2 N–H and O–H groups in total. The monoisotopic (exact) mass is 273 g/mol. The van der Waals surface area contributed by atoms with Crippen molar-refractivity contribution in [2.45, 2.75) is 45.1 Å². The van der Waals surface area contributed by atoms with E-state index in [2.05, 4.69) is 66.7 Å². The Morgan fingerprint density at radius 2 is 1.85 bits per heavy atom. The lowest BCUT2D eigenvalue weighted by atomic mass is 9.96. The van der Waals surface area contributed by atoms with E-state index in [0.29, 0.717) is 17.4 Å². The Bertz CT molecular complexity index is 447. The number of guanidine groups is 1. The third-order valence-corrected chi connectivity index (χ3v) is 4.42. The molecule has 0 bridgehead atoms. The van der Waals surface area contributed by atoms with Crippen LogP contribution in [0.15, 0.2) is 35.3 Å². The number of aliphatic imine (C=N–C) groups is 1. The Hall–Kier alpha value is -1.51. The molecule has 1 aromatic rings. The molecule has 0 saturated heterocycles. The fourth-order valence-corrected chi connectivity index (χ4v) is 2.34. The zero-order valence-electron chi connectivity index (χ0n) is 13.1. The summed E-state index contributed by atoms with van der Waals surface area (Å²) < 4.78 is 0. The van der Waals surface area contributed by atoms with Crippen molar-refractivity contribution in [3.8, 4) is 0 Å². The fourth-order valence-electron chi connectivity index (χ4n) is 2.34. The molecule has 20 heavy (non-hydrogen) atoms. The molecule has 1 unspecified atom stereocenters. The molecule has 3 heteroatoms. The third-order valence-electron chi connectivity index (χ3n) is 4.42. The van der Waals surface area contributed by atoms with Gasteiger partial charge >= 0.3 is 0 Å². The lowest BCUT2D eigenvalue weighted by molar-refractivity contribution is 0.479. The van der Waals surface area contributed by atoms with Gasteiger partial charge in [-0.15, -0.1) is 0 Å². The zero-order valence-corrected chi connectivity index (χ0v) is 13.1. The van der Waals surface area contributed by atoms with E-state index < -0.39 is 0 Å². The summed E-state index contributed by atoms with van der Waals surface area (Å²) in [5.41, 5.74) is 1.76. The van der Waals surface area contributed by atoms with E-state index in [4.69, 9.17) is 0 Å². The van der Waals surface area contributed by atoms with Crippen molar-refractivity contribution in [2.24, 2.45) is 10.9 Å². The van der Waals surface area contributed by atoms with Crippen molar-refractivity contribution in [3.05, 3.63) is 35.9 Å². The Morgan fingerprint density at radius 3 is 2.35 bits per heavy atom. The number of hydrogen-bond donors (Lipinski definition) is 2. The molecule has 110 valence electrons. The van der Waals surface area contributed by atoms with Gasteiger partial charge in [0, 0.05) is 25.0 Å². The molecular formula is C17H27N3. The first-order valence-corrected chi connectivity index (χ1v) is 7.60. The second kappa shape index (κ2) is 6.29. The minimum Gasteiger partial charge on any atom is -0.356 e.